The van der Waals surface area contributed by atoms with Crippen molar-refractivity contribution in [3.8, 4) is 0 Å². The van der Waals surface area contributed by atoms with E-state index >= 15 is 0 Å². The van der Waals surface area contributed by atoms with E-state index in [1.54, 1.807) is 12.1 Å². The van der Waals surface area contributed by atoms with E-state index in [0.717, 1.165) is 12.0 Å². The van der Waals surface area contributed by atoms with Gasteiger partial charge in [-0.3, -0.25) is 4.79 Å². The van der Waals surface area contributed by atoms with Gasteiger partial charge in [-0.1, -0.05) is 12.1 Å². The highest BCUT2D eigenvalue weighted by atomic mass is 19.1. The Labute approximate surface area is 106 Å². The molecule has 1 aliphatic carbocycles. The van der Waals surface area contributed by atoms with Crippen LogP contribution in [0, 0.1) is 11.7 Å². The molecule has 1 saturated carbocycles. The smallest absolute Gasteiger partial charge is 0.309 e. The molecule has 2 unspecified atom stereocenters. The van der Waals surface area contributed by atoms with Crippen molar-refractivity contribution in [2.45, 2.75) is 19.3 Å². The van der Waals surface area contributed by atoms with Crippen LogP contribution < -0.4 is 0 Å². The Kier molecular flexibility index (Phi) is 4.31. The lowest BCUT2D eigenvalue weighted by Crippen LogP contribution is -2.12. The molecular weight excluding hydrogens is 235 g/mol. The second-order valence-corrected chi connectivity index (χ2v) is 4.36. The van der Waals surface area contributed by atoms with Gasteiger partial charge in [-0.15, -0.1) is 0 Å². The van der Waals surface area contributed by atoms with Crippen LogP contribution in [-0.2, 0) is 14.3 Å². The van der Waals surface area contributed by atoms with Gasteiger partial charge in [0.1, 0.15) is 12.4 Å². The van der Waals surface area contributed by atoms with Gasteiger partial charge in [0.25, 0.3) is 0 Å². The van der Waals surface area contributed by atoms with Gasteiger partial charge in [0.05, 0.1) is 12.5 Å². The maximum atomic E-state index is 12.8. The van der Waals surface area contributed by atoms with E-state index in [4.69, 9.17) is 9.47 Å². The molecule has 0 radical (unpaired) electrons. The molecule has 0 aliphatic heterocycles. The van der Waals surface area contributed by atoms with Gasteiger partial charge >= 0.3 is 5.97 Å². The molecule has 1 fully saturated rings. The Morgan fingerprint density at radius 2 is 2.06 bits per heavy atom. The molecule has 98 valence electrons. The number of carbonyl (C=O) groups excluding carboxylic acids is 1. The molecule has 1 aromatic rings. The third-order valence-corrected chi connectivity index (χ3v) is 3.07. The standard InChI is InChI=1S/C14H17FO3/c1-2-17-7-8-18-14(16)13-9-12(13)10-3-5-11(15)6-4-10/h3-6,12-13H,2,7-9H2,1H3. The fourth-order valence-corrected chi connectivity index (χ4v) is 1.99. The van der Waals surface area contributed by atoms with E-state index in [1.807, 2.05) is 6.92 Å². The van der Waals surface area contributed by atoms with E-state index in [2.05, 4.69) is 0 Å². The second kappa shape index (κ2) is 5.96. The molecule has 0 spiro atoms. The molecule has 2 atom stereocenters. The van der Waals surface area contributed by atoms with Gasteiger partial charge in [0, 0.05) is 6.61 Å². The average Bonchev–Trinajstić information content (AvgIpc) is 3.15. The summed E-state index contributed by atoms with van der Waals surface area (Å²) >= 11 is 0. The lowest BCUT2D eigenvalue weighted by Gasteiger charge is -2.04. The normalized spacial score (nSPS) is 21.7. The Bertz CT molecular complexity index is 402. The van der Waals surface area contributed by atoms with Crippen molar-refractivity contribution in [3.63, 3.8) is 0 Å². The second-order valence-electron chi connectivity index (χ2n) is 4.36. The number of ether oxygens (including phenoxy) is 2. The summed E-state index contributed by atoms with van der Waals surface area (Å²) in [6, 6.07) is 6.30. The zero-order valence-electron chi connectivity index (χ0n) is 10.4. The van der Waals surface area contributed by atoms with E-state index in [1.165, 1.54) is 12.1 Å². The Hall–Kier alpha value is -1.42. The first-order valence-electron chi connectivity index (χ1n) is 6.22. The van der Waals surface area contributed by atoms with Gasteiger partial charge in [-0.25, -0.2) is 4.39 Å². The lowest BCUT2D eigenvalue weighted by molar-refractivity contribution is -0.146. The van der Waals surface area contributed by atoms with Gasteiger partial charge in [0.15, 0.2) is 0 Å². The lowest BCUT2D eigenvalue weighted by atomic mass is 10.1. The van der Waals surface area contributed by atoms with Crippen LogP contribution in [-0.4, -0.2) is 25.8 Å². The highest BCUT2D eigenvalue weighted by Gasteiger charge is 2.45. The van der Waals surface area contributed by atoms with Crippen LogP contribution >= 0.6 is 0 Å². The quantitative estimate of drug-likeness (QED) is 0.576. The zero-order valence-corrected chi connectivity index (χ0v) is 10.4. The zero-order chi connectivity index (χ0) is 13.0. The van der Waals surface area contributed by atoms with Gasteiger partial charge in [-0.2, -0.15) is 0 Å². The number of rotatable bonds is 6. The number of carbonyl (C=O) groups is 1. The third kappa shape index (κ3) is 3.29. The van der Waals surface area contributed by atoms with Crippen LogP contribution in [0.1, 0.15) is 24.8 Å². The molecule has 0 amide bonds. The van der Waals surface area contributed by atoms with Crippen molar-refractivity contribution in [2.24, 2.45) is 5.92 Å². The first-order chi connectivity index (χ1) is 8.72. The molecule has 4 heteroatoms. The molecule has 0 saturated heterocycles. The predicted molar refractivity (Wildman–Crippen MR) is 64.7 cm³/mol. The van der Waals surface area contributed by atoms with Crippen LogP contribution in [0.15, 0.2) is 24.3 Å². The maximum Gasteiger partial charge on any atom is 0.309 e. The topological polar surface area (TPSA) is 35.5 Å². The number of benzene rings is 1. The molecule has 1 aliphatic rings. The fraction of sp³-hybridized carbons (Fsp3) is 0.500. The predicted octanol–water partition coefficient (Wildman–Crippen LogP) is 2.51. The minimum Gasteiger partial charge on any atom is -0.463 e. The molecule has 18 heavy (non-hydrogen) atoms. The summed E-state index contributed by atoms with van der Waals surface area (Å²) in [7, 11) is 0. The van der Waals surface area contributed by atoms with Gasteiger partial charge in [0.2, 0.25) is 0 Å². The van der Waals surface area contributed by atoms with Crippen molar-refractivity contribution < 1.29 is 18.7 Å². The highest BCUT2D eigenvalue weighted by molar-refractivity contribution is 5.77. The van der Waals surface area contributed by atoms with Gasteiger partial charge < -0.3 is 9.47 Å². The van der Waals surface area contributed by atoms with Crippen LogP contribution in [0.2, 0.25) is 0 Å². The third-order valence-electron chi connectivity index (χ3n) is 3.07. The highest BCUT2D eigenvalue weighted by Crippen LogP contribution is 2.48. The molecule has 2 rings (SSSR count). The van der Waals surface area contributed by atoms with Crippen LogP contribution in [0.5, 0.6) is 0 Å². The first-order valence-corrected chi connectivity index (χ1v) is 6.22. The van der Waals surface area contributed by atoms with E-state index < -0.39 is 0 Å². The van der Waals surface area contributed by atoms with E-state index in [0.29, 0.717) is 19.8 Å². The Morgan fingerprint density at radius 3 is 2.72 bits per heavy atom. The molecular formula is C14H17FO3. The molecule has 0 bridgehead atoms. The molecule has 0 N–H and O–H groups in total. The molecule has 0 aromatic heterocycles. The molecule has 3 nitrogen and oxygen atoms in total. The average molecular weight is 252 g/mol. The number of halogens is 1. The summed E-state index contributed by atoms with van der Waals surface area (Å²) in [6.45, 7) is 3.27. The van der Waals surface area contributed by atoms with Crippen LogP contribution in [0.4, 0.5) is 4.39 Å². The fourth-order valence-electron chi connectivity index (χ4n) is 1.99. The van der Waals surface area contributed by atoms with Crippen molar-refractivity contribution in [1.29, 1.82) is 0 Å². The van der Waals surface area contributed by atoms with Crippen LogP contribution in [0.3, 0.4) is 0 Å². The molecule has 0 heterocycles. The summed E-state index contributed by atoms with van der Waals surface area (Å²) in [6.07, 6.45) is 0.791. The number of hydrogen-bond donors (Lipinski definition) is 0. The summed E-state index contributed by atoms with van der Waals surface area (Å²) < 4.78 is 23.0. The van der Waals surface area contributed by atoms with Crippen molar-refractivity contribution in [1.82, 2.24) is 0 Å². The number of hydrogen-bond acceptors (Lipinski definition) is 3. The van der Waals surface area contributed by atoms with Crippen molar-refractivity contribution in [2.75, 3.05) is 19.8 Å². The minimum absolute atomic E-state index is 0.0721. The number of esters is 1. The maximum absolute atomic E-state index is 12.8. The summed E-state index contributed by atoms with van der Waals surface area (Å²) in [5.74, 6) is -0.318. The Morgan fingerprint density at radius 1 is 1.33 bits per heavy atom. The summed E-state index contributed by atoms with van der Waals surface area (Å²) in [5, 5.41) is 0. The Balaban J connectivity index is 1.76. The molecule has 1 aromatic carbocycles. The summed E-state index contributed by atoms with van der Waals surface area (Å²) in [5.41, 5.74) is 1.00. The minimum atomic E-state index is -0.254. The van der Waals surface area contributed by atoms with E-state index in [-0.39, 0.29) is 23.6 Å². The first kappa shape index (κ1) is 13.0. The monoisotopic (exact) mass is 252 g/mol. The van der Waals surface area contributed by atoms with Crippen LogP contribution in [0.25, 0.3) is 0 Å². The SMILES string of the molecule is CCOCCOC(=O)C1CC1c1ccc(F)cc1. The van der Waals surface area contributed by atoms with E-state index in [9.17, 15) is 9.18 Å². The summed E-state index contributed by atoms with van der Waals surface area (Å²) in [4.78, 5) is 11.7. The largest absolute Gasteiger partial charge is 0.463 e. The van der Waals surface area contributed by atoms with Crippen molar-refractivity contribution in [3.05, 3.63) is 35.6 Å². The van der Waals surface area contributed by atoms with Crippen molar-refractivity contribution >= 4 is 5.97 Å². The van der Waals surface area contributed by atoms with Gasteiger partial charge in [-0.05, 0) is 37.0 Å².